The smallest absolute Gasteiger partial charge is 0.0583 e. The van der Waals surface area contributed by atoms with Crippen LogP contribution in [-0.2, 0) is 0 Å². The molecule has 2 nitrogen and oxygen atoms in total. The number of rotatable bonds is 4. The molecule has 8 atom stereocenters. The van der Waals surface area contributed by atoms with E-state index in [1.807, 2.05) is 0 Å². The van der Waals surface area contributed by atoms with Crippen molar-refractivity contribution in [1.29, 1.82) is 0 Å². The van der Waals surface area contributed by atoms with Gasteiger partial charge in [-0.2, -0.15) is 0 Å². The van der Waals surface area contributed by atoms with Gasteiger partial charge in [-0.3, -0.25) is 0 Å². The van der Waals surface area contributed by atoms with Gasteiger partial charge in [0.1, 0.15) is 0 Å². The van der Waals surface area contributed by atoms with Crippen molar-refractivity contribution in [1.82, 2.24) is 0 Å². The third-order valence-corrected chi connectivity index (χ3v) is 12.3. The number of allylic oxidation sites excluding steroid dienone is 9. The molecule has 5 aliphatic carbocycles. The highest BCUT2D eigenvalue weighted by molar-refractivity contribution is 5.75. The maximum Gasteiger partial charge on any atom is 0.0583 e. The van der Waals surface area contributed by atoms with Gasteiger partial charge in [0.2, 0.25) is 0 Å². The Hall–Kier alpha value is -3.78. The lowest BCUT2D eigenvalue weighted by molar-refractivity contribution is 0.437. The number of hydrogen-bond acceptors (Lipinski definition) is 2. The Morgan fingerprint density at radius 1 is 0.717 bits per heavy atom. The van der Waals surface area contributed by atoms with Crippen molar-refractivity contribution < 1.29 is 0 Å². The summed E-state index contributed by atoms with van der Waals surface area (Å²) in [5.41, 5.74) is 11.9. The van der Waals surface area contributed by atoms with Crippen LogP contribution < -0.4 is 9.80 Å². The largest absolute Gasteiger partial charge is 0.364 e. The zero-order chi connectivity index (χ0) is 30.8. The first kappa shape index (κ1) is 28.4. The van der Waals surface area contributed by atoms with Gasteiger partial charge in [-0.25, -0.2) is 0 Å². The molecule has 2 aliphatic heterocycles. The molecule has 234 valence electrons. The highest BCUT2D eigenvalue weighted by Gasteiger charge is 2.49. The van der Waals surface area contributed by atoms with Gasteiger partial charge in [0.05, 0.1) is 6.04 Å². The molecule has 2 aromatic rings. The lowest BCUT2D eigenvalue weighted by Gasteiger charge is -2.39. The van der Waals surface area contributed by atoms with Crippen LogP contribution in [0.2, 0.25) is 0 Å². The standard InChI is InChI=1S/C44H48N2/c1-29-23-30(2)25-36(24-29)46-42-18-9-7-16-38(42)40-28-34(20-22-44(40)46)33-19-21-43-39(27-33)37-15-6-8-17-41(37)45(43)35-14-10-13-32(26-35)31-11-4-3-5-12-31/h3-4,6-8,10-11,13,15-17,19,21,23-25,27-28,32,35,37-38,40-42,44H,5,9,12,14,18,20,22,26H2,1-2H3. The number of aryl methyl sites for hydroxylation is 2. The summed E-state index contributed by atoms with van der Waals surface area (Å²) in [6, 6.07) is 16.9. The SMILES string of the molecule is Cc1cc(C)cc(N2C3CCC=CC3C3C=C(c4ccc5c(c4)C4C=CC=CC4N5C4CC=CC(C5=CC=CCC5)C4)CCC32)c1. The first-order valence-electron chi connectivity index (χ1n) is 18.2. The first-order chi connectivity index (χ1) is 22.6. The average Bonchev–Trinajstić information content (AvgIpc) is 3.60. The van der Waals surface area contributed by atoms with E-state index in [2.05, 4.69) is 133 Å². The summed E-state index contributed by atoms with van der Waals surface area (Å²) >= 11 is 0. The van der Waals surface area contributed by atoms with Gasteiger partial charge in [-0.05, 0) is 123 Å². The number of anilines is 2. The number of nitrogens with zero attached hydrogens (tertiary/aromatic N) is 2. The third-order valence-electron chi connectivity index (χ3n) is 12.3. The monoisotopic (exact) mass is 604 g/mol. The maximum atomic E-state index is 2.85. The molecule has 0 bridgehead atoms. The lowest BCUT2D eigenvalue weighted by Crippen LogP contribution is -2.43. The predicted octanol–water partition coefficient (Wildman–Crippen LogP) is 10.3. The van der Waals surface area contributed by atoms with Gasteiger partial charge >= 0.3 is 0 Å². The Bertz CT molecular complexity index is 1720. The van der Waals surface area contributed by atoms with Crippen molar-refractivity contribution in [2.24, 2.45) is 17.8 Å². The van der Waals surface area contributed by atoms with Gasteiger partial charge < -0.3 is 9.80 Å². The number of fused-ring (bicyclic) bond motifs is 6. The van der Waals surface area contributed by atoms with E-state index >= 15 is 0 Å². The fourth-order valence-electron chi connectivity index (χ4n) is 10.4. The van der Waals surface area contributed by atoms with E-state index in [0.717, 1.165) is 12.8 Å². The molecule has 0 radical (unpaired) electrons. The van der Waals surface area contributed by atoms with Gasteiger partial charge in [0, 0.05) is 47.3 Å². The summed E-state index contributed by atoms with van der Waals surface area (Å²) < 4.78 is 0. The minimum absolute atomic E-state index is 0.423. The van der Waals surface area contributed by atoms with Gasteiger partial charge in [-0.1, -0.05) is 90.6 Å². The third kappa shape index (κ3) is 4.74. The molecule has 2 heterocycles. The molecule has 2 heteroatoms. The second kappa shape index (κ2) is 11.5. The molecule has 0 N–H and O–H groups in total. The normalized spacial score (nSPS) is 33.8. The molecule has 8 unspecified atom stereocenters. The summed E-state index contributed by atoms with van der Waals surface area (Å²) in [4.78, 5) is 5.66. The van der Waals surface area contributed by atoms with E-state index in [4.69, 9.17) is 0 Å². The van der Waals surface area contributed by atoms with E-state index in [9.17, 15) is 0 Å². The van der Waals surface area contributed by atoms with E-state index < -0.39 is 0 Å². The molecule has 0 saturated carbocycles. The van der Waals surface area contributed by atoms with E-state index in [1.165, 1.54) is 72.2 Å². The fourth-order valence-corrected chi connectivity index (χ4v) is 10.4. The van der Waals surface area contributed by atoms with Gasteiger partial charge in [-0.15, -0.1) is 0 Å². The van der Waals surface area contributed by atoms with E-state index in [0.29, 0.717) is 47.8 Å². The zero-order valence-electron chi connectivity index (χ0n) is 27.6. The molecule has 1 saturated heterocycles. The molecular weight excluding hydrogens is 556 g/mol. The van der Waals surface area contributed by atoms with Crippen LogP contribution >= 0.6 is 0 Å². The van der Waals surface area contributed by atoms with Crippen molar-refractivity contribution >= 4 is 16.9 Å². The van der Waals surface area contributed by atoms with Crippen LogP contribution in [0.5, 0.6) is 0 Å². The molecular formula is C44H48N2. The van der Waals surface area contributed by atoms with Crippen LogP contribution in [0.25, 0.3) is 5.57 Å². The summed E-state index contributed by atoms with van der Waals surface area (Å²) in [6.45, 7) is 4.51. The van der Waals surface area contributed by atoms with Gasteiger partial charge in [0.25, 0.3) is 0 Å². The molecule has 1 fully saturated rings. The Morgan fingerprint density at radius 3 is 2.46 bits per heavy atom. The highest BCUT2D eigenvalue weighted by Crippen LogP contribution is 2.52. The predicted molar refractivity (Wildman–Crippen MR) is 194 cm³/mol. The fraction of sp³-hybridized carbons (Fsp3) is 0.409. The van der Waals surface area contributed by atoms with Gasteiger partial charge in [0.15, 0.2) is 0 Å². The van der Waals surface area contributed by atoms with Crippen molar-refractivity contribution in [2.45, 2.75) is 95.3 Å². The molecule has 0 spiro atoms. The molecule has 0 aromatic heterocycles. The molecule has 9 rings (SSSR count). The van der Waals surface area contributed by atoms with E-state index in [1.54, 1.807) is 11.1 Å². The Kier molecular flexibility index (Phi) is 7.10. The minimum atomic E-state index is 0.423. The molecule has 7 aliphatic rings. The topological polar surface area (TPSA) is 6.48 Å². The summed E-state index contributed by atoms with van der Waals surface area (Å²) in [5, 5.41) is 0. The van der Waals surface area contributed by atoms with Crippen LogP contribution in [0.15, 0.2) is 115 Å². The van der Waals surface area contributed by atoms with Crippen LogP contribution in [0.4, 0.5) is 11.4 Å². The van der Waals surface area contributed by atoms with Crippen molar-refractivity contribution in [3.8, 4) is 0 Å². The maximum absolute atomic E-state index is 2.85. The molecule has 2 aromatic carbocycles. The zero-order valence-corrected chi connectivity index (χ0v) is 27.6. The quantitative estimate of drug-likeness (QED) is 0.320. The average molecular weight is 605 g/mol. The Morgan fingerprint density at radius 2 is 1.59 bits per heavy atom. The Balaban J connectivity index is 1.04. The van der Waals surface area contributed by atoms with Crippen LogP contribution in [0, 0.1) is 31.6 Å². The van der Waals surface area contributed by atoms with Crippen LogP contribution in [0.1, 0.15) is 79.5 Å². The molecule has 0 amide bonds. The van der Waals surface area contributed by atoms with Crippen LogP contribution in [-0.4, -0.2) is 24.2 Å². The second-order valence-corrected chi connectivity index (χ2v) is 15.1. The van der Waals surface area contributed by atoms with E-state index in [-0.39, 0.29) is 0 Å². The van der Waals surface area contributed by atoms with Crippen molar-refractivity contribution in [3.63, 3.8) is 0 Å². The molecule has 46 heavy (non-hydrogen) atoms. The number of benzene rings is 2. The number of hydrogen-bond donors (Lipinski definition) is 0. The van der Waals surface area contributed by atoms with Crippen molar-refractivity contribution in [3.05, 3.63) is 137 Å². The summed E-state index contributed by atoms with van der Waals surface area (Å²) in [5.74, 6) is 2.20. The Labute approximate surface area is 276 Å². The first-order valence-corrected chi connectivity index (χ1v) is 18.2. The summed E-state index contributed by atoms with van der Waals surface area (Å²) in [6.07, 6.45) is 38.8. The lowest BCUT2D eigenvalue weighted by atomic mass is 9.76. The minimum Gasteiger partial charge on any atom is -0.364 e. The van der Waals surface area contributed by atoms with Crippen molar-refractivity contribution in [2.75, 3.05) is 9.80 Å². The summed E-state index contributed by atoms with van der Waals surface area (Å²) in [7, 11) is 0. The highest BCUT2D eigenvalue weighted by atomic mass is 15.2. The second-order valence-electron chi connectivity index (χ2n) is 15.1. The van der Waals surface area contributed by atoms with Crippen LogP contribution in [0.3, 0.4) is 0 Å².